The number of nitrogens with zero attached hydrogens (tertiary/aromatic N) is 3. The third-order valence-electron chi connectivity index (χ3n) is 3.57. The lowest BCUT2D eigenvalue weighted by Gasteiger charge is -2.28. The van der Waals surface area contributed by atoms with Gasteiger partial charge < -0.3 is 10.6 Å². The van der Waals surface area contributed by atoms with Gasteiger partial charge >= 0.3 is 0 Å². The standard InChI is InChI=1S/C13H17N5O/c1-9-2-3-10(6-15-9)17-13(19)11-7-16-18-5-4-14-8-12(11)18/h4-5,7-10,15H,2-3,6H2,1H3,(H,17,19). The highest BCUT2D eigenvalue weighted by Gasteiger charge is 2.21. The molecule has 0 bridgehead atoms. The molecule has 19 heavy (non-hydrogen) atoms. The van der Waals surface area contributed by atoms with Crippen LogP contribution in [0.2, 0.25) is 0 Å². The second kappa shape index (κ2) is 4.97. The van der Waals surface area contributed by atoms with Gasteiger partial charge in [-0.05, 0) is 19.8 Å². The number of hydrogen-bond donors (Lipinski definition) is 2. The van der Waals surface area contributed by atoms with Gasteiger partial charge in [0.1, 0.15) is 0 Å². The van der Waals surface area contributed by atoms with Crippen LogP contribution >= 0.6 is 0 Å². The number of carbonyl (C=O) groups is 1. The smallest absolute Gasteiger partial charge is 0.255 e. The van der Waals surface area contributed by atoms with Gasteiger partial charge in [0.25, 0.3) is 5.91 Å². The molecular formula is C13H17N5O. The van der Waals surface area contributed by atoms with E-state index in [1.807, 2.05) is 0 Å². The third-order valence-corrected chi connectivity index (χ3v) is 3.57. The van der Waals surface area contributed by atoms with Crippen molar-refractivity contribution in [2.24, 2.45) is 0 Å². The number of amides is 1. The van der Waals surface area contributed by atoms with E-state index in [0.717, 1.165) is 24.9 Å². The minimum Gasteiger partial charge on any atom is -0.348 e. The fourth-order valence-electron chi connectivity index (χ4n) is 2.39. The molecule has 1 aliphatic rings. The number of hydrogen-bond acceptors (Lipinski definition) is 4. The van der Waals surface area contributed by atoms with Crippen molar-refractivity contribution in [3.8, 4) is 0 Å². The van der Waals surface area contributed by atoms with E-state index in [-0.39, 0.29) is 11.9 Å². The second-order valence-corrected chi connectivity index (χ2v) is 5.02. The van der Waals surface area contributed by atoms with Gasteiger partial charge in [0, 0.05) is 31.0 Å². The molecule has 0 radical (unpaired) electrons. The third kappa shape index (κ3) is 2.44. The SMILES string of the molecule is CC1CCC(NC(=O)c2cnn3ccncc23)CN1. The second-order valence-electron chi connectivity index (χ2n) is 5.02. The summed E-state index contributed by atoms with van der Waals surface area (Å²) in [7, 11) is 0. The zero-order valence-corrected chi connectivity index (χ0v) is 10.8. The molecule has 1 saturated heterocycles. The molecular weight excluding hydrogens is 242 g/mol. The Labute approximate surface area is 111 Å². The highest BCUT2D eigenvalue weighted by Crippen LogP contribution is 2.11. The monoisotopic (exact) mass is 259 g/mol. The van der Waals surface area contributed by atoms with Gasteiger partial charge in [-0.3, -0.25) is 9.78 Å². The average Bonchev–Trinajstić information content (AvgIpc) is 2.85. The lowest BCUT2D eigenvalue weighted by Crippen LogP contribution is -2.48. The van der Waals surface area contributed by atoms with Crippen molar-refractivity contribution >= 4 is 11.4 Å². The maximum absolute atomic E-state index is 12.2. The molecule has 2 aromatic rings. The van der Waals surface area contributed by atoms with E-state index in [9.17, 15) is 4.79 Å². The molecule has 2 N–H and O–H groups in total. The Kier molecular flexibility index (Phi) is 3.16. The zero-order chi connectivity index (χ0) is 13.2. The lowest BCUT2D eigenvalue weighted by atomic mass is 10.0. The van der Waals surface area contributed by atoms with E-state index >= 15 is 0 Å². The number of rotatable bonds is 2. The molecule has 3 heterocycles. The molecule has 2 atom stereocenters. The van der Waals surface area contributed by atoms with Crippen LogP contribution in [-0.4, -0.2) is 39.1 Å². The Morgan fingerprint density at radius 2 is 2.37 bits per heavy atom. The quantitative estimate of drug-likeness (QED) is 0.828. The molecule has 0 saturated carbocycles. The van der Waals surface area contributed by atoms with Crippen LogP contribution < -0.4 is 10.6 Å². The van der Waals surface area contributed by atoms with Crippen LogP contribution in [0.15, 0.2) is 24.8 Å². The van der Waals surface area contributed by atoms with Crippen LogP contribution in [-0.2, 0) is 0 Å². The molecule has 3 rings (SSSR count). The van der Waals surface area contributed by atoms with Crippen LogP contribution in [0.3, 0.4) is 0 Å². The first-order valence-electron chi connectivity index (χ1n) is 6.55. The lowest BCUT2D eigenvalue weighted by molar-refractivity contribution is 0.0929. The Balaban J connectivity index is 1.73. The number of piperidine rings is 1. The van der Waals surface area contributed by atoms with Crippen molar-refractivity contribution < 1.29 is 4.79 Å². The van der Waals surface area contributed by atoms with Gasteiger partial charge in [-0.25, -0.2) is 4.52 Å². The van der Waals surface area contributed by atoms with Gasteiger partial charge in [-0.2, -0.15) is 5.10 Å². The Bertz CT molecular complexity index is 585. The minimum absolute atomic E-state index is 0.0793. The fraction of sp³-hybridized carbons (Fsp3) is 0.462. The largest absolute Gasteiger partial charge is 0.348 e. The van der Waals surface area contributed by atoms with Crippen molar-refractivity contribution in [2.75, 3.05) is 6.54 Å². The van der Waals surface area contributed by atoms with Crippen LogP contribution in [0.1, 0.15) is 30.1 Å². The summed E-state index contributed by atoms with van der Waals surface area (Å²) in [5.41, 5.74) is 1.31. The van der Waals surface area contributed by atoms with Gasteiger partial charge in [0.2, 0.25) is 0 Å². The molecule has 100 valence electrons. The van der Waals surface area contributed by atoms with E-state index in [1.54, 1.807) is 29.3 Å². The van der Waals surface area contributed by atoms with Crippen LogP contribution in [0.25, 0.3) is 5.52 Å². The summed E-state index contributed by atoms with van der Waals surface area (Å²) < 4.78 is 1.66. The highest BCUT2D eigenvalue weighted by atomic mass is 16.1. The predicted octanol–water partition coefficient (Wildman–Crippen LogP) is 0.600. The molecule has 1 fully saturated rings. The first-order chi connectivity index (χ1) is 9.24. The molecule has 0 aliphatic carbocycles. The summed E-state index contributed by atoms with van der Waals surface area (Å²) in [6, 6.07) is 0.727. The van der Waals surface area contributed by atoms with Crippen LogP contribution in [0, 0.1) is 0 Å². The highest BCUT2D eigenvalue weighted by molar-refractivity contribution is 6.00. The van der Waals surface area contributed by atoms with E-state index in [0.29, 0.717) is 11.6 Å². The molecule has 2 unspecified atom stereocenters. The zero-order valence-electron chi connectivity index (χ0n) is 10.8. The predicted molar refractivity (Wildman–Crippen MR) is 70.9 cm³/mol. The normalized spacial score (nSPS) is 23.4. The van der Waals surface area contributed by atoms with Crippen molar-refractivity contribution in [3.63, 3.8) is 0 Å². The van der Waals surface area contributed by atoms with E-state index in [4.69, 9.17) is 0 Å². The topological polar surface area (TPSA) is 71.3 Å². The van der Waals surface area contributed by atoms with Gasteiger partial charge in [0.05, 0.1) is 23.5 Å². The summed E-state index contributed by atoms with van der Waals surface area (Å²) in [6.45, 7) is 2.99. The van der Waals surface area contributed by atoms with Crippen molar-refractivity contribution in [1.29, 1.82) is 0 Å². The Morgan fingerprint density at radius 1 is 1.47 bits per heavy atom. The first kappa shape index (κ1) is 12.1. The Hall–Kier alpha value is -1.95. The summed E-state index contributed by atoms with van der Waals surface area (Å²) in [5, 5.41) is 10.6. The van der Waals surface area contributed by atoms with E-state index in [1.165, 1.54) is 0 Å². The maximum Gasteiger partial charge on any atom is 0.255 e. The van der Waals surface area contributed by atoms with Crippen LogP contribution in [0.4, 0.5) is 0 Å². The molecule has 0 aromatic carbocycles. The first-order valence-corrected chi connectivity index (χ1v) is 6.55. The van der Waals surface area contributed by atoms with Gasteiger partial charge in [-0.15, -0.1) is 0 Å². The number of carbonyl (C=O) groups excluding carboxylic acids is 1. The molecule has 6 heteroatoms. The molecule has 1 aliphatic heterocycles. The van der Waals surface area contributed by atoms with Gasteiger partial charge in [-0.1, -0.05) is 0 Å². The number of fused-ring (bicyclic) bond motifs is 1. The van der Waals surface area contributed by atoms with Gasteiger partial charge in [0.15, 0.2) is 0 Å². The summed E-state index contributed by atoms with van der Waals surface area (Å²) in [4.78, 5) is 16.3. The number of aromatic nitrogens is 3. The average molecular weight is 259 g/mol. The summed E-state index contributed by atoms with van der Waals surface area (Å²) in [6.07, 6.45) is 8.72. The molecule has 0 spiro atoms. The maximum atomic E-state index is 12.2. The molecule has 6 nitrogen and oxygen atoms in total. The van der Waals surface area contributed by atoms with Crippen molar-refractivity contribution in [3.05, 3.63) is 30.4 Å². The Morgan fingerprint density at radius 3 is 3.16 bits per heavy atom. The van der Waals surface area contributed by atoms with Crippen molar-refractivity contribution in [1.82, 2.24) is 25.2 Å². The summed E-state index contributed by atoms with van der Waals surface area (Å²) in [5.74, 6) is -0.0793. The summed E-state index contributed by atoms with van der Waals surface area (Å²) >= 11 is 0. The fourth-order valence-corrected chi connectivity index (χ4v) is 2.39. The van der Waals surface area contributed by atoms with E-state index < -0.39 is 0 Å². The van der Waals surface area contributed by atoms with Crippen LogP contribution in [0.5, 0.6) is 0 Å². The number of nitrogens with one attached hydrogen (secondary N) is 2. The molecule has 2 aromatic heterocycles. The minimum atomic E-state index is -0.0793. The van der Waals surface area contributed by atoms with E-state index in [2.05, 4.69) is 27.6 Å². The molecule has 1 amide bonds. The van der Waals surface area contributed by atoms with Crippen molar-refractivity contribution in [2.45, 2.75) is 31.8 Å².